The molecule has 1 aliphatic rings. The van der Waals surface area contributed by atoms with Gasteiger partial charge in [0.05, 0.1) is 22.8 Å². The molecule has 1 aromatic carbocycles. The summed E-state index contributed by atoms with van der Waals surface area (Å²) in [7, 11) is 1.68. The van der Waals surface area contributed by atoms with Gasteiger partial charge in [0.25, 0.3) is 11.8 Å². The van der Waals surface area contributed by atoms with Gasteiger partial charge >= 0.3 is 6.03 Å². The first-order valence-corrected chi connectivity index (χ1v) is 9.26. The van der Waals surface area contributed by atoms with Crippen LogP contribution >= 0.6 is 23.2 Å². The molecule has 1 unspecified atom stereocenters. The van der Waals surface area contributed by atoms with Crippen molar-refractivity contribution < 1.29 is 19.3 Å². The highest BCUT2D eigenvalue weighted by molar-refractivity contribution is 6.39. The zero-order valence-corrected chi connectivity index (χ0v) is 16.0. The number of urea groups is 1. The van der Waals surface area contributed by atoms with Gasteiger partial charge in [-0.2, -0.15) is 0 Å². The molecule has 2 rings (SSSR count). The van der Waals surface area contributed by atoms with Crippen molar-refractivity contribution in [2.24, 2.45) is 0 Å². The maximum atomic E-state index is 12.1. The monoisotopic (exact) mass is 401 g/mol. The van der Waals surface area contributed by atoms with Gasteiger partial charge in [-0.05, 0) is 25.0 Å². The Kier molecular flexibility index (Phi) is 7.68. The Hall–Kier alpha value is -1.83. The average molecular weight is 402 g/mol. The average Bonchev–Trinajstić information content (AvgIpc) is 3.03. The SMILES string of the molecule is C[NH+](CC(=O)NC(=O)NC1CCCC1)CC(=O)Nc1c(Cl)cccc1Cl. The number of carbonyl (C=O) groups excluding carboxylic acids is 3. The van der Waals surface area contributed by atoms with Gasteiger partial charge in [0, 0.05) is 6.04 Å². The van der Waals surface area contributed by atoms with Crippen LogP contribution in [-0.4, -0.2) is 44.0 Å². The van der Waals surface area contributed by atoms with Crippen LogP contribution in [0.1, 0.15) is 25.7 Å². The summed E-state index contributed by atoms with van der Waals surface area (Å²) in [6.45, 7) is 0.0149. The fraction of sp³-hybridized carbons (Fsp3) is 0.471. The lowest BCUT2D eigenvalue weighted by molar-refractivity contribution is -0.862. The zero-order chi connectivity index (χ0) is 19.1. The third kappa shape index (κ3) is 6.48. The molecule has 0 bridgehead atoms. The molecule has 1 atom stereocenters. The summed E-state index contributed by atoms with van der Waals surface area (Å²) in [6, 6.07) is 4.58. The quantitative estimate of drug-likeness (QED) is 0.577. The smallest absolute Gasteiger partial charge is 0.321 e. The Morgan fingerprint density at radius 2 is 1.65 bits per heavy atom. The molecule has 1 aliphatic carbocycles. The van der Waals surface area contributed by atoms with Crippen LogP contribution in [0.3, 0.4) is 0 Å². The Morgan fingerprint density at radius 3 is 2.27 bits per heavy atom. The number of nitrogens with one attached hydrogen (secondary N) is 4. The summed E-state index contributed by atoms with van der Waals surface area (Å²) in [5.74, 6) is -0.776. The van der Waals surface area contributed by atoms with E-state index in [1.54, 1.807) is 25.2 Å². The van der Waals surface area contributed by atoms with Crippen LogP contribution in [0.2, 0.25) is 10.0 Å². The molecule has 9 heteroatoms. The second-order valence-electron chi connectivity index (χ2n) is 6.46. The van der Waals surface area contributed by atoms with E-state index in [0.717, 1.165) is 25.7 Å². The number of hydrogen-bond donors (Lipinski definition) is 4. The number of halogens is 2. The summed E-state index contributed by atoms with van der Waals surface area (Å²) in [4.78, 5) is 36.4. The van der Waals surface area contributed by atoms with Crippen LogP contribution in [-0.2, 0) is 9.59 Å². The highest BCUT2D eigenvalue weighted by Crippen LogP contribution is 2.29. The van der Waals surface area contributed by atoms with E-state index in [1.807, 2.05) is 0 Å². The van der Waals surface area contributed by atoms with Crippen LogP contribution in [0.25, 0.3) is 0 Å². The van der Waals surface area contributed by atoms with E-state index < -0.39 is 11.9 Å². The second-order valence-corrected chi connectivity index (χ2v) is 7.27. The number of carbonyl (C=O) groups is 3. The minimum Gasteiger partial charge on any atom is -0.335 e. The molecule has 0 radical (unpaired) electrons. The number of anilines is 1. The lowest BCUT2D eigenvalue weighted by Crippen LogP contribution is -3.11. The predicted molar refractivity (Wildman–Crippen MR) is 101 cm³/mol. The number of imide groups is 1. The van der Waals surface area contributed by atoms with Crippen molar-refractivity contribution in [2.75, 3.05) is 25.5 Å². The molecule has 0 saturated heterocycles. The van der Waals surface area contributed by atoms with Crippen molar-refractivity contribution in [3.05, 3.63) is 28.2 Å². The first kappa shape index (κ1) is 20.5. The van der Waals surface area contributed by atoms with E-state index in [9.17, 15) is 14.4 Å². The maximum absolute atomic E-state index is 12.1. The van der Waals surface area contributed by atoms with E-state index >= 15 is 0 Å². The number of likely N-dealkylation sites (N-methyl/N-ethyl adjacent to an activating group) is 1. The molecule has 1 aromatic rings. The van der Waals surface area contributed by atoms with E-state index in [0.29, 0.717) is 20.6 Å². The predicted octanol–water partition coefficient (Wildman–Crippen LogP) is 1.22. The van der Waals surface area contributed by atoms with Gasteiger partial charge in [-0.15, -0.1) is 0 Å². The van der Waals surface area contributed by atoms with Crippen molar-refractivity contribution in [3.8, 4) is 0 Å². The van der Waals surface area contributed by atoms with Gasteiger partial charge in [-0.1, -0.05) is 42.1 Å². The fourth-order valence-corrected chi connectivity index (χ4v) is 3.37. The van der Waals surface area contributed by atoms with E-state index in [4.69, 9.17) is 23.2 Å². The Labute approximate surface area is 162 Å². The molecular formula is C17H23Cl2N4O3+. The zero-order valence-electron chi connectivity index (χ0n) is 14.5. The van der Waals surface area contributed by atoms with Gasteiger partial charge < -0.3 is 15.5 Å². The lowest BCUT2D eigenvalue weighted by atomic mass is 10.2. The number of hydrogen-bond acceptors (Lipinski definition) is 3. The normalized spacial score (nSPS) is 15.3. The third-order valence-electron chi connectivity index (χ3n) is 4.10. The standard InChI is InChI=1S/C17H22Cl2N4O3/c1-23(9-14(24)21-16-12(18)7-4-8-13(16)19)10-15(25)22-17(26)20-11-5-2-3-6-11/h4,7-8,11H,2-3,5-6,9-10H2,1H3,(H,21,24)(H2,20,22,25,26)/p+1. The van der Waals surface area contributed by atoms with Crippen molar-refractivity contribution in [1.29, 1.82) is 0 Å². The van der Waals surface area contributed by atoms with Crippen LogP contribution in [0.15, 0.2) is 18.2 Å². The summed E-state index contributed by atoms with van der Waals surface area (Å²) < 4.78 is 0. The summed E-state index contributed by atoms with van der Waals surface area (Å²) in [5, 5.41) is 8.39. The number of benzene rings is 1. The van der Waals surface area contributed by atoms with Gasteiger partial charge in [0.2, 0.25) is 0 Å². The molecule has 0 aliphatic heterocycles. The van der Waals surface area contributed by atoms with Crippen LogP contribution in [0.5, 0.6) is 0 Å². The molecule has 4 amide bonds. The van der Waals surface area contributed by atoms with Crippen molar-refractivity contribution in [1.82, 2.24) is 10.6 Å². The number of amides is 4. The number of quaternary nitrogens is 1. The topological polar surface area (TPSA) is 91.7 Å². The molecule has 4 N–H and O–H groups in total. The molecule has 0 spiro atoms. The summed E-state index contributed by atoms with van der Waals surface area (Å²) in [6.07, 6.45) is 4.07. The Balaban J connectivity index is 1.74. The van der Waals surface area contributed by atoms with Crippen molar-refractivity contribution in [3.63, 3.8) is 0 Å². The minimum absolute atomic E-state index is 0.0121. The number of rotatable bonds is 6. The van der Waals surface area contributed by atoms with E-state index in [2.05, 4.69) is 16.0 Å². The highest BCUT2D eigenvalue weighted by Gasteiger charge is 2.20. The van der Waals surface area contributed by atoms with Gasteiger partial charge in [-0.3, -0.25) is 14.9 Å². The molecule has 0 heterocycles. The maximum Gasteiger partial charge on any atom is 0.321 e. The van der Waals surface area contributed by atoms with E-state index in [-0.39, 0.29) is 25.0 Å². The summed E-state index contributed by atoms with van der Waals surface area (Å²) >= 11 is 12.0. The van der Waals surface area contributed by atoms with Crippen LogP contribution < -0.4 is 20.9 Å². The lowest BCUT2D eigenvalue weighted by Gasteiger charge is -2.15. The molecule has 0 aromatic heterocycles. The van der Waals surface area contributed by atoms with Crippen LogP contribution in [0, 0.1) is 0 Å². The third-order valence-corrected chi connectivity index (χ3v) is 4.73. The molecular weight excluding hydrogens is 379 g/mol. The Bertz CT molecular complexity index is 658. The van der Waals surface area contributed by atoms with Crippen LogP contribution in [0.4, 0.5) is 10.5 Å². The number of para-hydroxylation sites is 1. The van der Waals surface area contributed by atoms with Gasteiger partial charge in [0.15, 0.2) is 13.1 Å². The fourth-order valence-electron chi connectivity index (χ4n) is 2.87. The minimum atomic E-state index is -0.484. The molecule has 1 fully saturated rings. The molecule has 26 heavy (non-hydrogen) atoms. The van der Waals surface area contributed by atoms with Gasteiger partial charge in [-0.25, -0.2) is 4.79 Å². The molecule has 7 nitrogen and oxygen atoms in total. The van der Waals surface area contributed by atoms with Gasteiger partial charge in [0.1, 0.15) is 0 Å². The highest BCUT2D eigenvalue weighted by atomic mass is 35.5. The van der Waals surface area contributed by atoms with E-state index in [1.165, 1.54) is 0 Å². The first-order valence-electron chi connectivity index (χ1n) is 8.50. The largest absolute Gasteiger partial charge is 0.335 e. The first-order chi connectivity index (χ1) is 12.3. The van der Waals surface area contributed by atoms with Crippen molar-refractivity contribution in [2.45, 2.75) is 31.7 Å². The second kappa shape index (κ2) is 9.75. The summed E-state index contributed by atoms with van der Waals surface area (Å²) in [5.41, 5.74) is 0.342. The Morgan fingerprint density at radius 1 is 1.08 bits per heavy atom. The van der Waals surface area contributed by atoms with Crippen molar-refractivity contribution >= 4 is 46.7 Å². The molecule has 142 valence electrons. The molecule has 1 saturated carbocycles.